The minimum atomic E-state index is -0.319. The molecule has 0 saturated heterocycles. The van der Waals surface area contributed by atoms with Gasteiger partial charge in [0.05, 0.1) is 18.4 Å². The van der Waals surface area contributed by atoms with Gasteiger partial charge in [-0.2, -0.15) is 0 Å². The van der Waals surface area contributed by atoms with E-state index < -0.39 is 0 Å². The van der Waals surface area contributed by atoms with Gasteiger partial charge >= 0.3 is 5.97 Å². The Labute approximate surface area is 119 Å². The average Bonchev–Trinajstić information content (AvgIpc) is 2.89. The second-order valence-corrected chi connectivity index (χ2v) is 5.11. The van der Waals surface area contributed by atoms with Crippen LogP contribution in [-0.2, 0) is 4.74 Å². The number of imidazole rings is 1. The summed E-state index contributed by atoms with van der Waals surface area (Å²) in [6, 6.07) is 3.62. The van der Waals surface area contributed by atoms with Crippen molar-refractivity contribution in [3.8, 4) is 0 Å². The molecule has 2 rings (SSSR count). The van der Waals surface area contributed by atoms with E-state index in [4.69, 9.17) is 4.74 Å². The van der Waals surface area contributed by atoms with Crippen molar-refractivity contribution in [1.29, 1.82) is 0 Å². The topological polar surface area (TPSA) is 43.6 Å². The fourth-order valence-corrected chi connectivity index (χ4v) is 2.58. The molecule has 20 heavy (non-hydrogen) atoms. The van der Waals surface area contributed by atoms with Gasteiger partial charge in [0.2, 0.25) is 0 Å². The molecule has 2 heterocycles. The molecule has 108 valence electrons. The highest BCUT2D eigenvalue weighted by Gasteiger charge is 2.14. The lowest BCUT2D eigenvalue weighted by Crippen LogP contribution is -2.02. The summed E-state index contributed by atoms with van der Waals surface area (Å²) < 4.78 is 6.66. The van der Waals surface area contributed by atoms with Crippen molar-refractivity contribution in [2.45, 2.75) is 45.4 Å². The number of methoxy groups -OCH3 is 1. The summed E-state index contributed by atoms with van der Waals surface area (Å²) in [6.45, 7) is 4.40. The molecule has 0 N–H and O–H groups in total. The molecule has 0 aliphatic rings. The Kier molecular flexibility index (Phi) is 4.77. The highest BCUT2D eigenvalue weighted by Crippen LogP contribution is 2.26. The van der Waals surface area contributed by atoms with Crippen LogP contribution < -0.4 is 0 Å². The van der Waals surface area contributed by atoms with Crippen molar-refractivity contribution in [3.63, 3.8) is 0 Å². The van der Waals surface area contributed by atoms with E-state index in [1.165, 1.54) is 7.11 Å². The molecule has 0 saturated carbocycles. The highest BCUT2D eigenvalue weighted by atomic mass is 16.5. The predicted molar refractivity (Wildman–Crippen MR) is 79.1 cm³/mol. The summed E-state index contributed by atoms with van der Waals surface area (Å²) >= 11 is 0. The lowest BCUT2D eigenvalue weighted by Gasteiger charge is -2.11. The summed E-state index contributed by atoms with van der Waals surface area (Å²) in [5.41, 5.74) is 2.55. The first-order valence-electron chi connectivity index (χ1n) is 7.26. The van der Waals surface area contributed by atoms with Gasteiger partial charge in [0, 0.05) is 18.3 Å². The molecular weight excluding hydrogens is 252 g/mol. The quantitative estimate of drug-likeness (QED) is 0.752. The minimum Gasteiger partial charge on any atom is -0.465 e. The summed E-state index contributed by atoms with van der Waals surface area (Å²) in [7, 11) is 1.39. The molecule has 0 aliphatic carbocycles. The average molecular weight is 274 g/mol. The van der Waals surface area contributed by atoms with E-state index in [9.17, 15) is 4.79 Å². The number of hydrogen-bond donors (Lipinski definition) is 0. The van der Waals surface area contributed by atoms with Gasteiger partial charge in [-0.1, -0.05) is 26.7 Å². The van der Waals surface area contributed by atoms with Crippen molar-refractivity contribution in [1.82, 2.24) is 9.38 Å². The Morgan fingerprint density at radius 1 is 1.25 bits per heavy atom. The van der Waals surface area contributed by atoms with Crippen molar-refractivity contribution in [3.05, 3.63) is 35.8 Å². The van der Waals surface area contributed by atoms with Gasteiger partial charge in [0.15, 0.2) is 0 Å². The van der Waals surface area contributed by atoms with Crippen LogP contribution in [0.3, 0.4) is 0 Å². The normalized spacial score (nSPS) is 11.2. The highest BCUT2D eigenvalue weighted by molar-refractivity contribution is 5.89. The number of ether oxygens (including phenoxy) is 1. The van der Waals surface area contributed by atoms with Gasteiger partial charge in [0.1, 0.15) is 5.65 Å². The standard InChI is InChI=1S/C16H22N2O2/c1-4-6-12(7-5-2)14-11-18-10-13(16(19)20-3)8-9-15(18)17-14/h8-12H,4-7H2,1-3H3. The number of esters is 1. The zero-order valence-electron chi connectivity index (χ0n) is 12.4. The first-order valence-corrected chi connectivity index (χ1v) is 7.26. The summed E-state index contributed by atoms with van der Waals surface area (Å²) in [5.74, 6) is 0.187. The molecule has 2 aromatic heterocycles. The van der Waals surface area contributed by atoms with Crippen LogP contribution in [0, 0.1) is 0 Å². The van der Waals surface area contributed by atoms with Gasteiger partial charge < -0.3 is 9.14 Å². The number of rotatable bonds is 6. The molecule has 0 aliphatic heterocycles. The molecule has 0 unspecified atom stereocenters. The second kappa shape index (κ2) is 6.55. The lowest BCUT2D eigenvalue weighted by atomic mass is 9.95. The number of aromatic nitrogens is 2. The van der Waals surface area contributed by atoms with Crippen LogP contribution in [0.2, 0.25) is 0 Å². The molecule has 4 heteroatoms. The van der Waals surface area contributed by atoms with Crippen molar-refractivity contribution in [2.75, 3.05) is 7.11 Å². The zero-order chi connectivity index (χ0) is 14.5. The molecular formula is C16H22N2O2. The van der Waals surface area contributed by atoms with E-state index >= 15 is 0 Å². The monoisotopic (exact) mass is 274 g/mol. The first-order chi connectivity index (χ1) is 9.69. The van der Waals surface area contributed by atoms with Crippen LogP contribution in [0.5, 0.6) is 0 Å². The maximum absolute atomic E-state index is 11.5. The van der Waals surface area contributed by atoms with Crippen LogP contribution in [0.15, 0.2) is 24.5 Å². The lowest BCUT2D eigenvalue weighted by molar-refractivity contribution is 0.0600. The molecule has 0 spiro atoms. The number of carbonyl (C=O) groups is 1. The van der Waals surface area contributed by atoms with E-state index in [1.807, 2.05) is 16.7 Å². The fraction of sp³-hybridized carbons (Fsp3) is 0.500. The van der Waals surface area contributed by atoms with Crippen LogP contribution in [0.4, 0.5) is 0 Å². The Hall–Kier alpha value is -1.84. The van der Waals surface area contributed by atoms with E-state index in [1.54, 1.807) is 12.3 Å². The van der Waals surface area contributed by atoms with Gasteiger partial charge in [-0.05, 0) is 25.0 Å². The predicted octanol–water partition coefficient (Wildman–Crippen LogP) is 3.80. The van der Waals surface area contributed by atoms with Crippen molar-refractivity contribution >= 4 is 11.6 Å². The molecule has 0 radical (unpaired) electrons. The van der Waals surface area contributed by atoms with Crippen LogP contribution >= 0.6 is 0 Å². The summed E-state index contributed by atoms with van der Waals surface area (Å²) in [4.78, 5) is 16.2. The SMILES string of the molecule is CCCC(CCC)c1cn2cc(C(=O)OC)ccc2n1. The Morgan fingerprint density at radius 2 is 1.95 bits per heavy atom. The molecule has 0 amide bonds. The van der Waals surface area contributed by atoms with Gasteiger partial charge in [-0.25, -0.2) is 9.78 Å². The van der Waals surface area contributed by atoms with Crippen LogP contribution in [0.25, 0.3) is 5.65 Å². The van der Waals surface area contributed by atoms with Gasteiger partial charge in [-0.3, -0.25) is 0 Å². The molecule has 0 fully saturated rings. The fourth-order valence-electron chi connectivity index (χ4n) is 2.58. The third-order valence-corrected chi connectivity index (χ3v) is 3.58. The maximum atomic E-state index is 11.5. The molecule has 2 aromatic rings. The molecule has 4 nitrogen and oxygen atoms in total. The van der Waals surface area contributed by atoms with E-state index in [2.05, 4.69) is 18.8 Å². The number of hydrogen-bond acceptors (Lipinski definition) is 3. The maximum Gasteiger partial charge on any atom is 0.339 e. The van der Waals surface area contributed by atoms with E-state index in [0.29, 0.717) is 11.5 Å². The first kappa shape index (κ1) is 14.6. The molecule has 0 atom stereocenters. The number of fused-ring (bicyclic) bond motifs is 1. The molecule has 0 bridgehead atoms. The molecule has 0 aromatic carbocycles. The Bertz CT molecular complexity index is 583. The van der Waals surface area contributed by atoms with Gasteiger partial charge in [-0.15, -0.1) is 0 Å². The largest absolute Gasteiger partial charge is 0.465 e. The summed E-state index contributed by atoms with van der Waals surface area (Å²) in [5, 5.41) is 0. The van der Waals surface area contributed by atoms with E-state index in [-0.39, 0.29) is 5.97 Å². The van der Waals surface area contributed by atoms with Crippen LogP contribution in [-0.4, -0.2) is 22.5 Å². The number of pyridine rings is 1. The number of carbonyl (C=O) groups excluding carboxylic acids is 1. The minimum absolute atomic E-state index is 0.319. The summed E-state index contributed by atoms with van der Waals surface area (Å²) in [6.07, 6.45) is 8.45. The third-order valence-electron chi connectivity index (χ3n) is 3.58. The van der Waals surface area contributed by atoms with Crippen molar-refractivity contribution < 1.29 is 9.53 Å². The van der Waals surface area contributed by atoms with E-state index in [0.717, 1.165) is 37.0 Å². The number of nitrogens with zero attached hydrogens (tertiary/aromatic N) is 2. The smallest absolute Gasteiger partial charge is 0.339 e. The second-order valence-electron chi connectivity index (χ2n) is 5.11. The zero-order valence-corrected chi connectivity index (χ0v) is 12.4. The Balaban J connectivity index is 2.34. The third kappa shape index (κ3) is 3.00. The van der Waals surface area contributed by atoms with Crippen LogP contribution in [0.1, 0.15) is 61.5 Å². The van der Waals surface area contributed by atoms with Gasteiger partial charge in [0.25, 0.3) is 0 Å². The van der Waals surface area contributed by atoms with Crippen molar-refractivity contribution in [2.24, 2.45) is 0 Å². The Morgan fingerprint density at radius 3 is 2.55 bits per heavy atom.